The predicted molar refractivity (Wildman–Crippen MR) is 108 cm³/mol. The third-order valence-corrected chi connectivity index (χ3v) is 4.09. The average molecular weight is 411 g/mol. The van der Waals surface area contributed by atoms with E-state index >= 15 is 0 Å². The molecule has 156 valence electrons. The molecular formula is C21H21FN4O4. The number of carbonyl (C=O) groups is 1. The van der Waals surface area contributed by atoms with Gasteiger partial charge in [0.05, 0.1) is 25.5 Å². The Morgan fingerprint density at radius 1 is 1.20 bits per heavy atom. The molecule has 0 aliphatic carbocycles. The zero-order valence-corrected chi connectivity index (χ0v) is 16.6. The molecule has 8 nitrogen and oxygen atoms in total. The number of aromatic nitrogens is 3. The largest absolute Gasteiger partial charge is 0.495 e. The van der Waals surface area contributed by atoms with Gasteiger partial charge in [0, 0.05) is 24.8 Å². The first kappa shape index (κ1) is 21.0. The van der Waals surface area contributed by atoms with E-state index in [1.54, 1.807) is 42.6 Å². The minimum atomic E-state index is -0.654. The van der Waals surface area contributed by atoms with Crippen molar-refractivity contribution in [3.8, 4) is 23.3 Å². The molecule has 0 spiro atoms. The summed E-state index contributed by atoms with van der Waals surface area (Å²) in [5.74, 6) is 1.28. The Kier molecular flexibility index (Phi) is 7.09. The van der Waals surface area contributed by atoms with Crippen LogP contribution in [0, 0.1) is 0 Å². The van der Waals surface area contributed by atoms with Gasteiger partial charge in [-0.25, -0.2) is 19.3 Å². The fraction of sp³-hybridized carbons (Fsp3) is 0.238. The van der Waals surface area contributed by atoms with Gasteiger partial charge in [-0.1, -0.05) is 12.1 Å². The molecule has 0 bridgehead atoms. The molecule has 2 aromatic heterocycles. The van der Waals surface area contributed by atoms with E-state index in [1.165, 1.54) is 31.5 Å². The summed E-state index contributed by atoms with van der Waals surface area (Å²) in [6.45, 7) is 0.765. The number of halogens is 1. The lowest BCUT2D eigenvalue weighted by Crippen LogP contribution is -2.28. The summed E-state index contributed by atoms with van der Waals surface area (Å²) < 4.78 is 29.1. The van der Waals surface area contributed by atoms with Crippen molar-refractivity contribution in [1.82, 2.24) is 15.0 Å². The lowest BCUT2D eigenvalue weighted by Gasteiger charge is -2.24. The van der Waals surface area contributed by atoms with E-state index in [1.807, 2.05) is 0 Å². The first-order chi connectivity index (χ1) is 14.6. The van der Waals surface area contributed by atoms with E-state index in [0.717, 1.165) is 0 Å². The van der Waals surface area contributed by atoms with Gasteiger partial charge in [-0.05, 0) is 18.2 Å². The van der Waals surface area contributed by atoms with Crippen LogP contribution >= 0.6 is 0 Å². The lowest BCUT2D eigenvalue weighted by atomic mass is 10.2. The summed E-state index contributed by atoms with van der Waals surface area (Å²) in [5.41, 5.74) is 1.10. The Labute approximate surface area is 173 Å². The smallest absolute Gasteiger partial charge is 0.224 e. The SMILES string of the molecule is COc1cnc(OCC[18F])c(CN(C(C)=O)c2ccccc2Oc2ccncn2)c1. The maximum absolute atomic E-state index is 12.6. The quantitative estimate of drug-likeness (QED) is 0.532. The van der Waals surface area contributed by atoms with Crippen molar-refractivity contribution in [3.05, 3.63) is 60.7 Å². The number of pyridine rings is 1. The van der Waals surface area contributed by atoms with Gasteiger partial charge in [-0.2, -0.15) is 0 Å². The number of amides is 1. The first-order valence-corrected chi connectivity index (χ1v) is 9.15. The Bertz CT molecular complexity index is 988. The number of para-hydroxylation sites is 2. The van der Waals surface area contributed by atoms with E-state index in [0.29, 0.717) is 28.6 Å². The molecule has 0 saturated carbocycles. The summed E-state index contributed by atoms with van der Waals surface area (Å²) in [6, 6.07) is 10.4. The summed E-state index contributed by atoms with van der Waals surface area (Å²) in [5, 5.41) is 0. The standard InChI is InChI=1S/C21H21FN4O4/c1-15(27)26(13-16-11-17(28-2)12-24-21(16)29-10-8-22)18-5-3-4-6-19(18)30-20-7-9-23-14-25-20/h3-7,9,11-12,14H,8,10,13H2,1-2H3/i22-1. The van der Waals surface area contributed by atoms with E-state index < -0.39 is 6.67 Å². The van der Waals surface area contributed by atoms with Crippen LogP contribution < -0.4 is 19.1 Å². The molecule has 0 aliphatic rings. The van der Waals surface area contributed by atoms with E-state index in [4.69, 9.17) is 14.2 Å². The molecule has 0 aliphatic heterocycles. The van der Waals surface area contributed by atoms with Gasteiger partial charge < -0.3 is 19.1 Å². The number of benzene rings is 1. The molecule has 3 rings (SSSR count). The normalized spacial score (nSPS) is 10.4. The molecule has 0 saturated heterocycles. The highest BCUT2D eigenvalue weighted by molar-refractivity contribution is 5.93. The highest BCUT2D eigenvalue weighted by Crippen LogP contribution is 2.34. The molecule has 0 radical (unpaired) electrons. The van der Waals surface area contributed by atoms with E-state index in [-0.39, 0.29) is 24.9 Å². The van der Waals surface area contributed by atoms with E-state index in [2.05, 4.69) is 15.0 Å². The molecule has 1 aromatic carbocycles. The molecule has 0 atom stereocenters. The predicted octanol–water partition coefficient (Wildman–Crippen LogP) is 3.57. The number of carbonyl (C=O) groups excluding carboxylic acids is 1. The van der Waals surface area contributed by atoms with Gasteiger partial charge in [0.2, 0.25) is 17.7 Å². The summed E-state index contributed by atoms with van der Waals surface area (Å²) >= 11 is 0. The van der Waals surface area contributed by atoms with Crippen molar-refractivity contribution in [2.45, 2.75) is 13.5 Å². The average Bonchev–Trinajstić information content (AvgIpc) is 2.77. The second-order valence-electron chi connectivity index (χ2n) is 6.10. The van der Waals surface area contributed by atoms with Gasteiger partial charge in [-0.3, -0.25) is 4.79 Å². The highest BCUT2D eigenvalue weighted by Gasteiger charge is 2.20. The van der Waals surface area contributed by atoms with Crippen LogP contribution in [0.4, 0.5) is 10.1 Å². The molecule has 0 fully saturated rings. The minimum Gasteiger partial charge on any atom is -0.495 e. The molecule has 0 N–H and O–H groups in total. The monoisotopic (exact) mass is 411 g/mol. The van der Waals surface area contributed by atoms with Crippen molar-refractivity contribution in [3.63, 3.8) is 0 Å². The van der Waals surface area contributed by atoms with Crippen LogP contribution in [0.2, 0.25) is 0 Å². The van der Waals surface area contributed by atoms with Crippen LogP contribution in [-0.4, -0.2) is 41.3 Å². The van der Waals surface area contributed by atoms with Gasteiger partial charge in [0.15, 0.2) is 5.75 Å². The third kappa shape index (κ3) is 5.19. The molecule has 0 unspecified atom stereocenters. The van der Waals surface area contributed by atoms with Crippen LogP contribution in [0.25, 0.3) is 0 Å². The van der Waals surface area contributed by atoms with Crippen molar-refractivity contribution in [2.75, 3.05) is 25.3 Å². The lowest BCUT2D eigenvalue weighted by molar-refractivity contribution is -0.116. The van der Waals surface area contributed by atoms with Crippen LogP contribution in [0.5, 0.6) is 23.3 Å². The van der Waals surface area contributed by atoms with Crippen LogP contribution in [0.15, 0.2) is 55.1 Å². The Balaban J connectivity index is 1.95. The number of ether oxygens (including phenoxy) is 3. The van der Waals surface area contributed by atoms with Crippen LogP contribution in [-0.2, 0) is 11.3 Å². The Morgan fingerprint density at radius 3 is 2.73 bits per heavy atom. The maximum Gasteiger partial charge on any atom is 0.224 e. The van der Waals surface area contributed by atoms with Gasteiger partial charge in [0.1, 0.15) is 25.4 Å². The molecule has 2 heterocycles. The number of nitrogens with zero attached hydrogens (tertiary/aromatic N) is 4. The fourth-order valence-corrected chi connectivity index (χ4v) is 2.72. The van der Waals surface area contributed by atoms with Gasteiger partial charge in [-0.15, -0.1) is 0 Å². The van der Waals surface area contributed by atoms with E-state index in [9.17, 15) is 9.18 Å². The number of hydrogen-bond donors (Lipinski definition) is 0. The zero-order valence-electron chi connectivity index (χ0n) is 16.6. The Morgan fingerprint density at radius 2 is 2.03 bits per heavy atom. The number of anilines is 1. The number of alkyl halides is 1. The fourth-order valence-electron chi connectivity index (χ4n) is 2.72. The summed E-state index contributed by atoms with van der Waals surface area (Å²) in [7, 11) is 1.51. The van der Waals surface area contributed by atoms with Crippen LogP contribution in [0.3, 0.4) is 0 Å². The third-order valence-electron chi connectivity index (χ3n) is 4.09. The maximum atomic E-state index is 12.6. The van der Waals surface area contributed by atoms with Gasteiger partial charge >= 0.3 is 0 Å². The van der Waals surface area contributed by atoms with Crippen LogP contribution in [0.1, 0.15) is 12.5 Å². The molecule has 1 amide bonds. The summed E-state index contributed by atoms with van der Waals surface area (Å²) in [6.07, 6.45) is 4.41. The second-order valence-corrected chi connectivity index (χ2v) is 6.10. The van der Waals surface area contributed by atoms with Gasteiger partial charge in [0.25, 0.3) is 0 Å². The topological polar surface area (TPSA) is 86.7 Å². The minimum absolute atomic E-state index is 0.116. The Hall–Kier alpha value is -3.75. The first-order valence-electron chi connectivity index (χ1n) is 9.15. The zero-order chi connectivity index (χ0) is 21.3. The number of methoxy groups -OCH3 is 1. The van der Waals surface area contributed by atoms with Crippen molar-refractivity contribution >= 4 is 11.6 Å². The summed E-state index contributed by atoms with van der Waals surface area (Å²) in [4.78, 5) is 26.1. The number of hydrogen-bond acceptors (Lipinski definition) is 7. The number of rotatable bonds is 9. The molecule has 30 heavy (non-hydrogen) atoms. The highest BCUT2D eigenvalue weighted by atomic mass is 18.2. The molecule has 9 heteroatoms. The molecule has 3 aromatic rings. The molecular weight excluding hydrogens is 390 g/mol. The second kappa shape index (κ2) is 10.1. The van der Waals surface area contributed by atoms with Crippen molar-refractivity contribution in [1.29, 1.82) is 0 Å². The van der Waals surface area contributed by atoms with Crippen molar-refractivity contribution in [2.24, 2.45) is 0 Å². The van der Waals surface area contributed by atoms with Crippen molar-refractivity contribution < 1.29 is 23.4 Å².